The minimum Gasteiger partial charge on any atom is -0.459 e. The molecule has 0 saturated carbocycles. The predicted molar refractivity (Wildman–Crippen MR) is 73.3 cm³/mol. The molecule has 25 heavy (non-hydrogen) atoms. The molecule has 0 spiro atoms. The predicted octanol–water partition coefficient (Wildman–Crippen LogP) is 2.33. The lowest BCUT2D eigenvalue weighted by Gasteiger charge is -2.26. The molecule has 0 aromatic heterocycles. The van der Waals surface area contributed by atoms with Crippen molar-refractivity contribution < 1.29 is 52.7 Å². The smallest absolute Gasteiger partial charge is 0.459 e. The molecule has 0 bridgehead atoms. The molecule has 1 unspecified atom stereocenters. The monoisotopic (exact) mass is 420 g/mol. The maximum atomic E-state index is 12.6. The van der Waals surface area contributed by atoms with Gasteiger partial charge in [-0.25, -0.2) is 21.6 Å². The first-order valence-corrected chi connectivity index (χ1v) is 9.42. The fraction of sp³-hybridized carbons (Fsp3) is 0.727. The Morgan fingerprint density at radius 2 is 1.36 bits per heavy atom. The highest BCUT2D eigenvalue weighted by atomic mass is 32.3. The SMILES string of the molecule is C=CC(=O)OC(CC(S(=O)(=O)C(F)(F)F)S(=O)(=O)C(F)(F)F)C(C)C. The van der Waals surface area contributed by atoms with Crippen LogP contribution < -0.4 is 0 Å². The third kappa shape index (κ3) is 5.33. The maximum absolute atomic E-state index is 12.6. The van der Waals surface area contributed by atoms with E-state index in [0.717, 1.165) is 0 Å². The van der Waals surface area contributed by atoms with E-state index in [2.05, 4.69) is 11.3 Å². The van der Waals surface area contributed by atoms with E-state index in [1.54, 1.807) is 0 Å². The second-order valence-corrected chi connectivity index (χ2v) is 9.61. The summed E-state index contributed by atoms with van der Waals surface area (Å²) >= 11 is 0. The highest BCUT2D eigenvalue weighted by Gasteiger charge is 2.63. The van der Waals surface area contributed by atoms with Gasteiger partial charge in [-0.05, 0) is 5.92 Å². The van der Waals surface area contributed by atoms with Crippen LogP contribution in [-0.4, -0.2) is 44.5 Å². The fourth-order valence-electron chi connectivity index (χ4n) is 1.56. The number of halogens is 6. The van der Waals surface area contributed by atoms with Crippen LogP contribution in [-0.2, 0) is 29.2 Å². The summed E-state index contributed by atoms with van der Waals surface area (Å²) in [7, 11) is -13.6. The van der Waals surface area contributed by atoms with Crippen molar-refractivity contribution in [3.05, 3.63) is 12.7 Å². The summed E-state index contributed by atoms with van der Waals surface area (Å²) < 4.78 is 122. The first-order valence-electron chi connectivity index (χ1n) is 6.33. The van der Waals surface area contributed by atoms with Gasteiger partial charge >= 0.3 is 17.0 Å². The quantitative estimate of drug-likeness (QED) is 0.357. The van der Waals surface area contributed by atoms with Crippen molar-refractivity contribution in [2.24, 2.45) is 5.92 Å². The van der Waals surface area contributed by atoms with E-state index in [0.29, 0.717) is 6.08 Å². The lowest BCUT2D eigenvalue weighted by atomic mass is 10.1. The first-order chi connectivity index (χ1) is 10.9. The molecular formula is C11H14F6O6S2. The molecular weight excluding hydrogens is 406 g/mol. The molecule has 0 aliphatic rings. The summed E-state index contributed by atoms with van der Waals surface area (Å²) in [5.74, 6) is -2.26. The molecule has 0 amide bonds. The van der Waals surface area contributed by atoms with E-state index < -0.39 is 59.7 Å². The second kappa shape index (κ2) is 7.51. The number of sulfone groups is 2. The second-order valence-electron chi connectivity index (χ2n) is 5.07. The molecule has 0 aromatic carbocycles. The molecule has 0 N–H and O–H groups in total. The van der Waals surface area contributed by atoms with Crippen molar-refractivity contribution in [3.8, 4) is 0 Å². The zero-order valence-corrected chi connectivity index (χ0v) is 14.4. The minimum atomic E-state index is -6.78. The van der Waals surface area contributed by atoms with Crippen LogP contribution in [0.4, 0.5) is 26.3 Å². The van der Waals surface area contributed by atoms with Gasteiger partial charge in [0.05, 0.1) is 0 Å². The Balaban J connectivity index is 6.27. The Morgan fingerprint density at radius 1 is 1.00 bits per heavy atom. The topological polar surface area (TPSA) is 94.6 Å². The van der Waals surface area contributed by atoms with Crippen molar-refractivity contribution in [2.45, 2.75) is 42.0 Å². The highest BCUT2D eigenvalue weighted by Crippen LogP contribution is 2.39. The minimum absolute atomic E-state index is 0.529. The largest absolute Gasteiger partial charge is 0.498 e. The molecule has 0 aliphatic heterocycles. The summed E-state index contributed by atoms with van der Waals surface area (Å²) in [5, 5.41) is 0. The van der Waals surface area contributed by atoms with Gasteiger partial charge in [0.2, 0.25) is 0 Å². The van der Waals surface area contributed by atoms with Crippen LogP contribution in [0.5, 0.6) is 0 Å². The number of rotatable bonds is 7. The van der Waals surface area contributed by atoms with E-state index in [9.17, 15) is 48.0 Å². The molecule has 0 heterocycles. The zero-order chi connectivity index (χ0) is 20.4. The third-order valence-corrected chi connectivity index (χ3v) is 7.52. The van der Waals surface area contributed by atoms with Gasteiger partial charge in [-0.2, -0.15) is 26.3 Å². The summed E-state index contributed by atoms with van der Waals surface area (Å²) in [6.07, 6.45) is -3.08. The number of carbonyl (C=O) groups is 1. The van der Waals surface area contributed by atoms with Crippen LogP contribution in [0, 0.1) is 5.92 Å². The van der Waals surface area contributed by atoms with Gasteiger partial charge in [0.1, 0.15) is 6.10 Å². The summed E-state index contributed by atoms with van der Waals surface area (Å²) in [6.45, 7) is 5.32. The van der Waals surface area contributed by atoms with E-state index in [4.69, 9.17) is 0 Å². The molecule has 0 aliphatic carbocycles. The van der Waals surface area contributed by atoms with Crippen LogP contribution in [0.15, 0.2) is 12.7 Å². The van der Waals surface area contributed by atoms with Crippen LogP contribution in [0.3, 0.4) is 0 Å². The van der Waals surface area contributed by atoms with Crippen LogP contribution in [0.1, 0.15) is 20.3 Å². The number of carbonyl (C=O) groups excluding carboxylic acids is 1. The average Bonchev–Trinajstić information content (AvgIpc) is 2.39. The molecule has 1 atom stereocenters. The van der Waals surface area contributed by atoms with Gasteiger partial charge in [-0.3, -0.25) is 0 Å². The van der Waals surface area contributed by atoms with Crippen molar-refractivity contribution in [3.63, 3.8) is 0 Å². The Morgan fingerprint density at radius 3 is 1.60 bits per heavy atom. The first kappa shape index (κ1) is 23.7. The number of esters is 1. The third-order valence-electron chi connectivity index (χ3n) is 2.94. The van der Waals surface area contributed by atoms with Crippen LogP contribution >= 0.6 is 0 Å². The molecule has 14 heteroatoms. The fourth-order valence-corrected chi connectivity index (χ4v) is 5.03. The lowest BCUT2D eigenvalue weighted by molar-refractivity contribution is -0.145. The van der Waals surface area contributed by atoms with E-state index in [-0.39, 0.29) is 0 Å². The lowest BCUT2D eigenvalue weighted by Crippen LogP contribution is -2.47. The molecule has 6 nitrogen and oxygen atoms in total. The van der Waals surface area contributed by atoms with Gasteiger partial charge in [0, 0.05) is 12.5 Å². The Kier molecular flexibility index (Phi) is 7.12. The van der Waals surface area contributed by atoms with E-state index in [1.807, 2.05) is 0 Å². The summed E-state index contributed by atoms with van der Waals surface area (Å²) in [5.41, 5.74) is -12.5. The Bertz CT molecular complexity index is 660. The van der Waals surface area contributed by atoms with Crippen molar-refractivity contribution >= 4 is 25.6 Å². The molecule has 0 saturated heterocycles. The van der Waals surface area contributed by atoms with E-state index >= 15 is 0 Å². The molecule has 148 valence electrons. The van der Waals surface area contributed by atoms with Crippen LogP contribution in [0.2, 0.25) is 0 Å². The number of hydrogen-bond donors (Lipinski definition) is 0. The number of alkyl halides is 6. The van der Waals surface area contributed by atoms with Crippen LogP contribution in [0.25, 0.3) is 0 Å². The maximum Gasteiger partial charge on any atom is 0.498 e. The van der Waals surface area contributed by atoms with Gasteiger partial charge in [0.15, 0.2) is 4.58 Å². The average molecular weight is 420 g/mol. The zero-order valence-electron chi connectivity index (χ0n) is 12.8. The number of ether oxygens (including phenoxy) is 1. The van der Waals surface area contributed by atoms with Gasteiger partial charge in [-0.15, -0.1) is 0 Å². The molecule has 0 aromatic rings. The van der Waals surface area contributed by atoms with E-state index in [1.165, 1.54) is 13.8 Å². The van der Waals surface area contributed by atoms with Crippen molar-refractivity contribution in [1.82, 2.24) is 0 Å². The summed E-state index contributed by atoms with van der Waals surface area (Å²) in [4.78, 5) is 11.1. The highest BCUT2D eigenvalue weighted by molar-refractivity contribution is 8.09. The van der Waals surface area contributed by atoms with Gasteiger partial charge < -0.3 is 4.74 Å². The molecule has 0 fully saturated rings. The molecule has 0 rings (SSSR count). The standard InChI is InChI=1S/C11H14F6O6S2/c1-4-8(18)23-7(6(2)3)5-9(24(19,20)10(12,13)14)25(21,22)11(15,16)17/h4,6-7,9H,1,5H2,2-3H3. The van der Waals surface area contributed by atoms with Crippen molar-refractivity contribution in [1.29, 1.82) is 0 Å². The van der Waals surface area contributed by atoms with Crippen molar-refractivity contribution in [2.75, 3.05) is 0 Å². The Hall–Kier alpha value is -1.31. The van der Waals surface area contributed by atoms with Gasteiger partial charge in [-0.1, -0.05) is 20.4 Å². The Labute approximate surface area is 139 Å². The summed E-state index contributed by atoms with van der Waals surface area (Å²) in [6, 6.07) is 0. The molecule has 0 radical (unpaired) electrons. The number of hydrogen-bond acceptors (Lipinski definition) is 6. The normalized spacial score (nSPS) is 15.3. The van der Waals surface area contributed by atoms with Gasteiger partial charge in [0.25, 0.3) is 19.7 Å².